The molecule has 4 nitrogen and oxygen atoms in total. The van der Waals surface area contributed by atoms with E-state index in [9.17, 15) is 4.79 Å². The number of pyridine rings is 1. The number of carbonyl (C=O) groups is 1. The first-order valence-electron chi connectivity index (χ1n) is 4.14. The van der Waals surface area contributed by atoms with Crippen molar-refractivity contribution in [2.24, 2.45) is 0 Å². The van der Waals surface area contributed by atoms with Gasteiger partial charge in [0.25, 0.3) is 0 Å². The lowest BCUT2D eigenvalue weighted by Crippen LogP contribution is -2.19. The minimum atomic E-state index is -0.103. The van der Waals surface area contributed by atoms with Crippen molar-refractivity contribution in [1.82, 2.24) is 10.3 Å². The third-order valence-corrected chi connectivity index (χ3v) is 1.47. The smallest absolute Gasteiger partial charge is 0.217 e. The number of hydrogen-bond donors (Lipinski definition) is 2. The summed E-state index contributed by atoms with van der Waals surface area (Å²) in [5.74, 6) is 5.41. The summed E-state index contributed by atoms with van der Waals surface area (Å²) in [7, 11) is 0. The zero-order valence-electron chi connectivity index (χ0n) is 7.87. The molecule has 0 saturated carbocycles. The summed E-state index contributed by atoms with van der Waals surface area (Å²) < 4.78 is 0. The van der Waals surface area contributed by atoms with Gasteiger partial charge in [0.2, 0.25) is 5.91 Å². The van der Waals surface area contributed by atoms with Crippen LogP contribution in [0.25, 0.3) is 0 Å². The molecule has 0 radical (unpaired) electrons. The largest absolute Gasteiger partial charge is 0.396 e. The molecule has 1 aromatic rings. The Bertz CT molecular complexity index is 390. The van der Waals surface area contributed by atoms with Crippen molar-refractivity contribution < 1.29 is 4.79 Å². The van der Waals surface area contributed by atoms with Crippen LogP contribution >= 0.6 is 0 Å². The van der Waals surface area contributed by atoms with E-state index in [-0.39, 0.29) is 5.91 Å². The van der Waals surface area contributed by atoms with Crippen molar-refractivity contribution in [2.45, 2.75) is 6.92 Å². The summed E-state index contributed by atoms with van der Waals surface area (Å²) in [6.45, 7) is 1.75. The predicted molar refractivity (Wildman–Crippen MR) is 54.2 cm³/mol. The van der Waals surface area contributed by atoms with Crippen LogP contribution < -0.4 is 11.1 Å². The second-order valence-corrected chi connectivity index (χ2v) is 2.65. The lowest BCUT2D eigenvalue weighted by Gasteiger charge is -1.94. The Hall–Kier alpha value is -2.02. The van der Waals surface area contributed by atoms with Crippen LogP contribution in [0.3, 0.4) is 0 Å². The molecule has 1 rings (SSSR count). The van der Waals surface area contributed by atoms with E-state index in [1.807, 2.05) is 0 Å². The Labute approximate surface area is 82.5 Å². The predicted octanol–water partition coefficient (Wildman–Crippen LogP) is 0.151. The summed E-state index contributed by atoms with van der Waals surface area (Å²) >= 11 is 0. The van der Waals surface area contributed by atoms with Gasteiger partial charge in [0.05, 0.1) is 12.2 Å². The number of carbonyl (C=O) groups excluding carboxylic acids is 1. The van der Waals surface area contributed by atoms with Crippen molar-refractivity contribution >= 4 is 11.6 Å². The van der Waals surface area contributed by atoms with Gasteiger partial charge in [0, 0.05) is 13.1 Å². The van der Waals surface area contributed by atoms with Gasteiger partial charge in [-0.05, 0) is 18.1 Å². The van der Waals surface area contributed by atoms with Crippen LogP contribution in [0, 0.1) is 11.8 Å². The van der Waals surface area contributed by atoms with Crippen molar-refractivity contribution in [2.75, 3.05) is 12.3 Å². The maximum atomic E-state index is 10.5. The number of rotatable bonds is 1. The fourth-order valence-electron chi connectivity index (χ4n) is 0.819. The van der Waals surface area contributed by atoms with E-state index in [1.54, 1.807) is 18.3 Å². The summed E-state index contributed by atoms with van der Waals surface area (Å²) in [5, 5.41) is 2.55. The highest BCUT2D eigenvalue weighted by molar-refractivity contribution is 5.73. The molecular formula is C10H11N3O. The van der Waals surface area contributed by atoms with E-state index in [0.717, 1.165) is 0 Å². The highest BCUT2D eigenvalue weighted by Gasteiger charge is 1.92. The molecule has 4 heteroatoms. The molecule has 0 fully saturated rings. The standard InChI is InChI=1S/C10H11N3O/c1-8(14)12-6-3-5-10-9(11)4-2-7-13-10/h2,4,7H,6,11H2,1H3,(H,12,14). The molecule has 1 heterocycles. The molecular weight excluding hydrogens is 178 g/mol. The Morgan fingerprint density at radius 3 is 3.14 bits per heavy atom. The highest BCUT2D eigenvalue weighted by Crippen LogP contribution is 2.03. The van der Waals surface area contributed by atoms with E-state index in [0.29, 0.717) is 17.9 Å². The highest BCUT2D eigenvalue weighted by atomic mass is 16.1. The fourth-order valence-corrected chi connectivity index (χ4v) is 0.819. The van der Waals surface area contributed by atoms with Crippen molar-refractivity contribution in [3.63, 3.8) is 0 Å². The van der Waals surface area contributed by atoms with Crippen molar-refractivity contribution in [3.05, 3.63) is 24.0 Å². The molecule has 0 spiro atoms. The molecule has 0 unspecified atom stereocenters. The minimum Gasteiger partial charge on any atom is -0.396 e. The van der Waals surface area contributed by atoms with Crippen molar-refractivity contribution in [3.8, 4) is 11.8 Å². The average Bonchev–Trinajstić information content (AvgIpc) is 2.15. The lowest BCUT2D eigenvalue weighted by molar-refractivity contribution is -0.118. The van der Waals surface area contributed by atoms with Gasteiger partial charge in [-0.1, -0.05) is 5.92 Å². The molecule has 0 aromatic carbocycles. The number of nitrogens with zero attached hydrogens (tertiary/aromatic N) is 1. The Morgan fingerprint density at radius 2 is 2.50 bits per heavy atom. The number of nitrogens with two attached hydrogens (primary N) is 1. The van der Waals surface area contributed by atoms with Crippen LogP contribution in [0.4, 0.5) is 5.69 Å². The van der Waals surface area contributed by atoms with Gasteiger partial charge in [0.1, 0.15) is 5.69 Å². The quantitative estimate of drug-likeness (QED) is 0.618. The van der Waals surface area contributed by atoms with Gasteiger partial charge in [-0.15, -0.1) is 0 Å². The second-order valence-electron chi connectivity index (χ2n) is 2.65. The van der Waals surface area contributed by atoms with Crippen LogP contribution in [-0.2, 0) is 4.79 Å². The minimum absolute atomic E-state index is 0.103. The SMILES string of the molecule is CC(=O)NCC#Cc1ncccc1N. The molecule has 0 saturated heterocycles. The van der Waals surface area contributed by atoms with E-state index < -0.39 is 0 Å². The number of nitrogens with one attached hydrogen (secondary N) is 1. The lowest BCUT2D eigenvalue weighted by atomic mass is 10.3. The maximum absolute atomic E-state index is 10.5. The molecule has 0 atom stereocenters. The average molecular weight is 189 g/mol. The van der Waals surface area contributed by atoms with Gasteiger partial charge in [0.15, 0.2) is 0 Å². The van der Waals surface area contributed by atoms with Gasteiger partial charge >= 0.3 is 0 Å². The van der Waals surface area contributed by atoms with Crippen LogP contribution in [0.5, 0.6) is 0 Å². The van der Waals surface area contributed by atoms with E-state index >= 15 is 0 Å². The number of aromatic nitrogens is 1. The molecule has 0 aliphatic rings. The number of amides is 1. The summed E-state index contributed by atoms with van der Waals surface area (Å²) in [6.07, 6.45) is 1.62. The third kappa shape index (κ3) is 3.15. The van der Waals surface area contributed by atoms with E-state index in [2.05, 4.69) is 22.1 Å². The number of nitrogen functional groups attached to an aromatic ring is 1. The number of anilines is 1. The van der Waals surface area contributed by atoms with Crippen LogP contribution in [0.2, 0.25) is 0 Å². The molecule has 0 bridgehead atoms. The van der Waals surface area contributed by atoms with Gasteiger partial charge in [-0.3, -0.25) is 4.79 Å². The zero-order valence-corrected chi connectivity index (χ0v) is 7.87. The molecule has 0 aliphatic heterocycles. The summed E-state index contributed by atoms with van der Waals surface area (Å²) in [4.78, 5) is 14.5. The normalized spacial score (nSPS) is 8.64. The van der Waals surface area contributed by atoms with E-state index in [1.165, 1.54) is 6.92 Å². The van der Waals surface area contributed by atoms with Crippen LogP contribution in [-0.4, -0.2) is 17.4 Å². The van der Waals surface area contributed by atoms with Gasteiger partial charge in [-0.2, -0.15) is 0 Å². The van der Waals surface area contributed by atoms with Gasteiger partial charge in [-0.25, -0.2) is 4.98 Å². The topological polar surface area (TPSA) is 68.0 Å². The van der Waals surface area contributed by atoms with Crippen LogP contribution in [0.1, 0.15) is 12.6 Å². The monoisotopic (exact) mass is 189 g/mol. The van der Waals surface area contributed by atoms with E-state index in [4.69, 9.17) is 5.73 Å². The molecule has 14 heavy (non-hydrogen) atoms. The Kier molecular flexibility index (Phi) is 3.50. The van der Waals surface area contributed by atoms with Crippen molar-refractivity contribution in [1.29, 1.82) is 0 Å². The Morgan fingerprint density at radius 1 is 1.71 bits per heavy atom. The number of hydrogen-bond acceptors (Lipinski definition) is 3. The summed E-state index contributed by atoms with van der Waals surface area (Å²) in [6, 6.07) is 3.48. The molecule has 72 valence electrons. The zero-order chi connectivity index (χ0) is 10.4. The van der Waals surface area contributed by atoms with Crippen LogP contribution in [0.15, 0.2) is 18.3 Å². The third-order valence-electron chi connectivity index (χ3n) is 1.47. The maximum Gasteiger partial charge on any atom is 0.217 e. The second kappa shape index (κ2) is 4.87. The first-order valence-corrected chi connectivity index (χ1v) is 4.14. The fraction of sp³-hybridized carbons (Fsp3) is 0.200. The Balaban J connectivity index is 2.59. The summed E-state index contributed by atoms with van der Waals surface area (Å²) in [5.41, 5.74) is 6.69. The van der Waals surface area contributed by atoms with Gasteiger partial charge < -0.3 is 11.1 Å². The first kappa shape index (κ1) is 10.1. The molecule has 0 aliphatic carbocycles. The molecule has 1 amide bonds. The first-order chi connectivity index (χ1) is 6.70. The molecule has 3 N–H and O–H groups in total. The molecule has 1 aromatic heterocycles.